The van der Waals surface area contributed by atoms with E-state index >= 15 is 0 Å². The van der Waals surface area contributed by atoms with Gasteiger partial charge in [0.05, 0.1) is 26.1 Å². The number of benzene rings is 2. The monoisotopic (exact) mass is 632 g/mol. The summed E-state index contributed by atoms with van der Waals surface area (Å²) in [5.74, 6) is 3.42. The van der Waals surface area contributed by atoms with Gasteiger partial charge in [0.2, 0.25) is 5.65 Å². The molecule has 2 atom stereocenters. The number of anilines is 2. The first kappa shape index (κ1) is 30.9. The summed E-state index contributed by atoms with van der Waals surface area (Å²) in [5.41, 5.74) is 7.08. The topological polar surface area (TPSA) is 113 Å². The maximum Gasteiger partial charge on any atom is 0.202 e. The Bertz CT molecular complexity index is 1810. The van der Waals surface area contributed by atoms with Gasteiger partial charge < -0.3 is 25.0 Å². The quantitative estimate of drug-likeness (QED) is 0.152. The van der Waals surface area contributed by atoms with Gasteiger partial charge in [-0.25, -0.2) is 15.0 Å². The summed E-state index contributed by atoms with van der Waals surface area (Å²) in [7, 11) is 3.39. The molecule has 2 aliphatic rings. The van der Waals surface area contributed by atoms with Crippen LogP contribution in [0, 0.1) is 12.3 Å². The highest BCUT2D eigenvalue weighted by Crippen LogP contribution is 2.47. The second kappa shape index (κ2) is 13.2. The molecule has 47 heavy (non-hydrogen) atoms. The number of hydrogen-bond acceptors (Lipinski definition) is 9. The van der Waals surface area contributed by atoms with E-state index < -0.39 is 0 Å². The van der Waals surface area contributed by atoms with Crippen molar-refractivity contribution < 1.29 is 9.47 Å². The van der Waals surface area contributed by atoms with Crippen LogP contribution in [0.5, 0.6) is 11.5 Å². The lowest BCUT2D eigenvalue weighted by atomic mass is 9.73. The molecule has 10 nitrogen and oxygen atoms in total. The van der Waals surface area contributed by atoms with Gasteiger partial charge in [-0.2, -0.15) is 5.10 Å². The number of nitrogens with one attached hydrogen (secondary N) is 3. The van der Waals surface area contributed by atoms with Crippen LogP contribution in [-0.4, -0.2) is 58.5 Å². The second-order valence-corrected chi connectivity index (χ2v) is 13.0. The third-order valence-electron chi connectivity index (χ3n) is 10.3. The third-order valence-corrected chi connectivity index (χ3v) is 10.3. The van der Waals surface area contributed by atoms with Gasteiger partial charge in [0, 0.05) is 43.5 Å². The van der Waals surface area contributed by atoms with E-state index in [-0.39, 0.29) is 0 Å². The number of piperidine rings is 1. The van der Waals surface area contributed by atoms with Crippen LogP contribution in [-0.2, 0) is 6.54 Å². The Morgan fingerprint density at radius 1 is 0.957 bits per heavy atom. The fourth-order valence-corrected chi connectivity index (χ4v) is 7.42. The first-order valence-corrected chi connectivity index (χ1v) is 16.6. The third kappa shape index (κ3) is 6.34. The molecule has 1 aliphatic carbocycles. The normalized spacial score (nSPS) is 18.0. The van der Waals surface area contributed by atoms with Gasteiger partial charge in [-0.1, -0.05) is 30.7 Å². The predicted molar refractivity (Wildman–Crippen MR) is 186 cm³/mol. The molecule has 5 aromatic rings. The Labute approximate surface area is 276 Å². The van der Waals surface area contributed by atoms with E-state index in [2.05, 4.69) is 68.8 Å². The van der Waals surface area contributed by atoms with Crippen molar-refractivity contribution in [3.8, 4) is 22.8 Å². The smallest absolute Gasteiger partial charge is 0.202 e. The summed E-state index contributed by atoms with van der Waals surface area (Å²) in [6.07, 6.45) is 9.88. The summed E-state index contributed by atoms with van der Waals surface area (Å²) in [4.78, 5) is 16.9. The summed E-state index contributed by atoms with van der Waals surface area (Å²) >= 11 is 0. The van der Waals surface area contributed by atoms with Crippen LogP contribution in [0.15, 0.2) is 67.0 Å². The summed E-state index contributed by atoms with van der Waals surface area (Å²) in [6, 6.07) is 19.3. The first-order valence-electron chi connectivity index (χ1n) is 16.6. The zero-order valence-electron chi connectivity index (χ0n) is 27.7. The Kier molecular flexibility index (Phi) is 8.68. The lowest BCUT2D eigenvalue weighted by Gasteiger charge is -2.44. The number of pyridine rings is 1. The lowest BCUT2D eigenvalue weighted by Crippen LogP contribution is -2.49. The van der Waals surface area contributed by atoms with Crippen molar-refractivity contribution in [1.29, 1.82) is 0 Å². The molecule has 1 spiro atoms. The molecule has 1 saturated carbocycles. The zero-order valence-corrected chi connectivity index (χ0v) is 27.7. The van der Waals surface area contributed by atoms with E-state index in [0.29, 0.717) is 29.7 Å². The number of H-pyrrole nitrogens is 1. The molecule has 0 radical (unpaired) electrons. The number of methoxy groups -OCH3 is 2. The Morgan fingerprint density at radius 3 is 2.40 bits per heavy atom. The second-order valence-electron chi connectivity index (χ2n) is 13.0. The van der Waals surface area contributed by atoms with Crippen molar-refractivity contribution in [2.75, 3.05) is 37.5 Å². The van der Waals surface area contributed by atoms with Crippen molar-refractivity contribution in [2.45, 2.75) is 64.6 Å². The first-order chi connectivity index (χ1) is 22.9. The Morgan fingerprint density at radius 2 is 1.68 bits per heavy atom. The number of nitrogens with zero attached hydrogens (tertiary/aromatic N) is 5. The minimum atomic E-state index is 0.297. The number of hydrogen-bond donors (Lipinski definition) is 3. The molecule has 2 aromatic carbocycles. The largest absolute Gasteiger partial charge is 0.497 e. The molecular weight excluding hydrogens is 588 g/mol. The van der Waals surface area contributed by atoms with Crippen molar-refractivity contribution in [2.24, 2.45) is 5.41 Å². The number of ether oxygens (including phenoxy) is 2. The van der Waals surface area contributed by atoms with Crippen LogP contribution in [0.4, 0.5) is 11.6 Å². The van der Waals surface area contributed by atoms with Crippen molar-refractivity contribution in [3.63, 3.8) is 0 Å². The Hall–Kier alpha value is -4.70. The lowest BCUT2D eigenvalue weighted by molar-refractivity contribution is 0.163. The van der Waals surface area contributed by atoms with Gasteiger partial charge in [-0.05, 0) is 92.0 Å². The number of rotatable bonds is 10. The molecule has 1 aliphatic heterocycles. The van der Waals surface area contributed by atoms with E-state index in [9.17, 15) is 0 Å². The fourth-order valence-electron chi connectivity index (χ4n) is 7.42. The minimum absolute atomic E-state index is 0.297. The standard InChI is InChI=1S/C37H44N8O2/c1-24-21-38-32(39-22-26-7-11-28(46-3)12-8-26)20-30(24)34-35-36(44-43-34)42-33(23-40-35)45-18-16-37(17-19-45)15-5-6-31(37)41-25(2)27-9-13-29(47-4)14-10-27/h7-14,20-21,23,25,31,41H,5-6,15-19,22H2,1-4H3,(H,38,39)(H,42,43,44)/t25-,31-/m1/s1. The van der Waals surface area contributed by atoms with Crippen LogP contribution >= 0.6 is 0 Å². The molecule has 2 fully saturated rings. The SMILES string of the molecule is COc1ccc(CNc2cc(-c3[nH]nc4nc(N5CCC6(CCC[C@H]6N[C@H](C)c6ccc(OC)cc6)CC5)cnc34)c(C)cn2)cc1. The number of aryl methyl sites for hydroxylation is 1. The maximum atomic E-state index is 5.35. The molecule has 0 amide bonds. The minimum Gasteiger partial charge on any atom is -0.497 e. The fraction of sp³-hybridized carbons (Fsp3) is 0.405. The van der Waals surface area contributed by atoms with E-state index in [1.807, 2.05) is 42.7 Å². The van der Waals surface area contributed by atoms with Crippen molar-refractivity contribution in [1.82, 2.24) is 30.5 Å². The summed E-state index contributed by atoms with van der Waals surface area (Å²) in [5, 5.41) is 15.3. The van der Waals surface area contributed by atoms with Crippen LogP contribution < -0.4 is 25.0 Å². The van der Waals surface area contributed by atoms with Gasteiger partial charge in [-0.3, -0.25) is 5.10 Å². The molecule has 0 unspecified atom stereocenters. The highest BCUT2D eigenvalue weighted by atomic mass is 16.5. The number of aromatic amines is 1. The predicted octanol–water partition coefficient (Wildman–Crippen LogP) is 6.84. The summed E-state index contributed by atoms with van der Waals surface area (Å²) < 4.78 is 10.6. The van der Waals surface area contributed by atoms with Gasteiger partial charge in [0.15, 0.2) is 0 Å². The molecule has 10 heteroatoms. The van der Waals surface area contributed by atoms with Crippen LogP contribution in [0.25, 0.3) is 22.4 Å². The van der Waals surface area contributed by atoms with Gasteiger partial charge >= 0.3 is 0 Å². The molecule has 3 aromatic heterocycles. The summed E-state index contributed by atoms with van der Waals surface area (Å²) in [6.45, 7) is 6.93. The van der Waals surface area contributed by atoms with Gasteiger partial charge in [-0.15, -0.1) is 0 Å². The molecule has 1 saturated heterocycles. The maximum absolute atomic E-state index is 5.35. The molecule has 4 heterocycles. The molecular formula is C37H44N8O2. The van der Waals surface area contributed by atoms with E-state index in [0.717, 1.165) is 77.0 Å². The van der Waals surface area contributed by atoms with E-state index in [1.54, 1.807) is 14.2 Å². The molecule has 244 valence electrons. The molecule has 0 bridgehead atoms. The van der Waals surface area contributed by atoms with E-state index in [1.165, 1.54) is 24.8 Å². The van der Waals surface area contributed by atoms with E-state index in [4.69, 9.17) is 19.4 Å². The zero-order chi connectivity index (χ0) is 32.4. The van der Waals surface area contributed by atoms with Gasteiger partial charge in [0.1, 0.15) is 28.7 Å². The Balaban J connectivity index is 1.01. The number of fused-ring (bicyclic) bond motifs is 1. The highest BCUT2D eigenvalue weighted by Gasteiger charge is 2.45. The van der Waals surface area contributed by atoms with Crippen LogP contribution in [0.2, 0.25) is 0 Å². The average molecular weight is 633 g/mol. The van der Waals surface area contributed by atoms with Crippen LogP contribution in [0.3, 0.4) is 0 Å². The molecule has 3 N–H and O–H groups in total. The number of aromatic nitrogens is 5. The van der Waals surface area contributed by atoms with Crippen LogP contribution in [0.1, 0.15) is 61.8 Å². The van der Waals surface area contributed by atoms with Gasteiger partial charge in [0.25, 0.3) is 0 Å². The van der Waals surface area contributed by atoms with Crippen molar-refractivity contribution in [3.05, 3.63) is 83.7 Å². The highest BCUT2D eigenvalue weighted by molar-refractivity contribution is 5.89. The average Bonchev–Trinajstić information content (AvgIpc) is 3.71. The molecule has 7 rings (SSSR count). The van der Waals surface area contributed by atoms with Crippen molar-refractivity contribution >= 4 is 22.8 Å².